The molecule has 0 aliphatic rings. The maximum atomic E-state index is 12.6. The van der Waals surface area contributed by atoms with Crippen molar-refractivity contribution in [2.45, 2.75) is 6.36 Å². The second-order valence-corrected chi connectivity index (χ2v) is 2.03. The van der Waals surface area contributed by atoms with Gasteiger partial charge in [0.1, 0.15) is 0 Å². The Balaban J connectivity index is 3.03. The van der Waals surface area contributed by atoms with Crippen LogP contribution in [0.5, 0.6) is 5.88 Å². The van der Waals surface area contributed by atoms with Gasteiger partial charge in [0.05, 0.1) is 0 Å². The molecule has 13 heavy (non-hydrogen) atoms. The fourth-order valence-corrected chi connectivity index (χ4v) is 0.631. The lowest BCUT2D eigenvalue weighted by Crippen LogP contribution is -2.21. The van der Waals surface area contributed by atoms with Crippen LogP contribution in [0.3, 0.4) is 0 Å². The number of aromatic amines is 1. The molecule has 0 spiro atoms. The van der Waals surface area contributed by atoms with Crippen LogP contribution in [0.1, 0.15) is 0 Å². The Kier molecular flexibility index (Phi) is 2.26. The molecule has 0 aliphatic heterocycles. The van der Waals surface area contributed by atoms with E-state index < -0.39 is 23.5 Å². The highest BCUT2D eigenvalue weighted by atomic mass is 19.4. The highest BCUT2D eigenvalue weighted by Gasteiger charge is 2.33. The summed E-state index contributed by atoms with van der Waals surface area (Å²) in [6.07, 6.45) is -4.17. The maximum absolute atomic E-state index is 12.6. The molecular formula is C6H3F4NO2. The molecule has 1 aromatic heterocycles. The van der Waals surface area contributed by atoms with Crippen molar-refractivity contribution in [1.29, 1.82) is 0 Å². The molecule has 72 valence electrons. The van der Waals surface area contributed by atoms with Crippen molar-refractivity contribution in [3.63, 3.8) is 0 Å². The minimum atomic E-state index is -5.02. The zero-order valence-corrected chi connectivity index (χ0v) is 5.98. The van der Waals surface area contributed by atoms with Gasteiger partial charge in [-0.3, -0.25) is 4.79 Å². The number of rotatable bonds is 1. The van der Waals surface area contributed by atoms with Crippen LogP contribution in [0.25, 0.3) is 0 Å². The van der Waals surface area contributed by atoms with E-state index in [0.717, 1.165) is 12.3 Å². The van der Waals surface area contributed by atoms with Gasteiger partial charge in [0.2, 0.25) is 17.1 Å². The topological polar surface area (TPSA) is 42.1 Å². The molecular weight excluding hydrogens is 194 g/mol. The second-order valence-electron chi connectivity index (χ2n) is 2.03. The van der Waals surface area contributed by atoms with Crippen molar-refractivity contribution in [3.8, 4) is 5.88 Å². The van der Waals surface area contributed by atoms with E-state index in [1.54, 1.807) is 0 Å². The van der Waals surface area contributed by atoms with Gasteiger partial charge in [-0.2, -0.15) is 4.39 Å². The molecule has 0 atom stereocenters. The summed E-state index contributed by atoms with van der Waals surface area (Å²) >= 11 is 0. The monoisotopic (exact) mass is 197 g/mol. The van der Waals surface area contributed by atoms with Gasteiger partial charge in [0, 0.05) is 12.3 Å². The zero-order chi connectivity index (χ0) is 10.1. The average molecular weight is 197 g/mol. The number of aromatic nitrogens is 1. The van der Waals surface area contributed by atoms with E-state index in [-0.39, 0.29) is 0 Å². The Hall–Kier alpha value is -1.53. The van der Waals surface area contributed by atoms with Gasteiger partial charge in [-0.05, 0) is 0 Å². The fraction of sp³-hybridized carbons (Fsp3) is 0.167. The molecule has 0 saturated heterocycles. The number of hydrogen-bond acceptors (Lipinski definition) is 2. The van der Waals surface area contributed by atoms with Crippen molar-refractivity contribution in [2.24, 2.45) is 0 Å². The largest absolute Gasteiger partial charge is 0.574 e. The van der Waals surface area contributed by atoms with Crippen molar-refractivity contribution < 1.29 is 22.3 Å². The van der Waals surface area contributed by atoms with E-state index >= 15 is 0 Å². The summed E-state index contributed by atoms with van der Waals surface area (Å²) in [5.74, 6) is -2.83. The zero-order valence-electron chi connectivity index (χ0n) is 5.98. The van der Waals surface area contributed by atoms with Gasteiger partial charge >= 0.3 is 6.36 Å². The van der Waals surface area contributed by atoms with Gasteiger partial charge in [-0.25, -0.2) is 0 Å². The predicted octanol–water partition coefficient (Wildman–Crippen LogP) is 1.41. The SMILES string of the molecule is O=c1cc[nH]c(OC(F)(F)F)c1F. The first kappa shape index (κ1) is 9.56. The summed E-state index contributed by atoms with van der Waals surface area (Å²) in [7, 11) is 0. The fourth-order valence-electron chi connectivity index (χ4n) is 0.631. The smallest absolute Gasteiger partial charge is 0.387 e. The molecule has 7 heteroatoms. The molecule has 0 radical (unpaired) electrons. The molecule has 0 unspecified atom stereocenters. The van der Waals surface area contributed by atoms with E-state index in [9.17, 15) is 22.4 Å². The Labute approximate surface area is 69.0 Å². The number of H-pyrrole nitrogens is 1. The lowest BCUT2D eigenvalue weighted by atomic mass is 10.4. The number of halogens is 4. The minimum absolute atomic E-state index is 0.749. The Morgan fingerprint density at radius 1 is 1.38 bits per heavy atom. The second kappa shape index (κ2) is 3.08. The van der Waals surface area contributed by atoms with E-state index in [4.69, 9.17) is 0 Å². The van der Waals surface area contributed by atoms with Gasteiger partial charge in [0.25, 0.3) is 0 Å². The third-order valence-electron chi connectivity index (χ3n) is 1.08. The summed E-state index contributed by atoms with van der Waals surface area (Å²) in [5, 5.41) is 0. The van der Waals surface area contributed by atoms with Gasteiger partial charge in [-0.15, -0.1) is 13.2 Å². The molecule has 3 nitrogen and oxygen atoms in total. The highest BCUT2D eigenvalue weighted by molar-refractivity contribution is 5.13. The average Bonchev–Trinajstić information content (AvgIpc) is 1.96. The van der Waals surface area contributed by atoms with Gasteiger partial charge < -0.3 is 9.72 Å². The molecule has 0 aromatic carbocycles. The van der Waals surface area contributed by atoms with Crippen LogP contribution in [-0.4, -0.2) is 11.3 Å². The third kappa shape index (κ3) is 2.46. The van der Waals surface area contributed by atoms with Gasteiger partial charge in [-0.1, -0.05) is 0 Å². The van der Waals surface area contributed by atoms with Crippen LogP contribution >= 0.6 is 0 Å². The van der Waals surface area contributed by atoms with Crippen LogP contribution in [0, 0.1) is 5.82 Å². The first-order valence-corrected chi connectivity index (χ1v) is 3.03. The molecule has 1 aromatic rings. The van der Waals surface area contributed by atoms with Crippen LogP contribution < -0.4 is 10.2 Å². The standard InChI is InChI=1S/C6H3F4NO2/c7-4-3(12)1-2-11-5(4)13-6(8,9)10/h1-2H,(H,11,12). The number of ether oxygens (including phenoxy) is 1. The van der Waals surface area contributed by atoms with Crippen LogP contribution in [0.2, 0.25) is 0 Å². The molecule has 0 saturated carbocycles. The first-order chi connectivity index (χ1) is 5.90. The summed E-state index contributed by atoms with van der Waals surface area (Å²) in [5.41, 5.74) is -1.17. The maximum Gasteiger partial charge on any atom is 0.574 e. The Morgan fingerprint density at radius 2 is 2.00 bits per heavy atom. The van der Waals surface area contributed by atoms with E-state index in [1.807, 2.05) is 4.98 Å². The Bertz CT molecular complexity index is 356. The Morgan fingerprint density at radius 3 is 2.54 bits per heavy atom. The quantitative estimate of drug-likeness (QED) is 0.691. The number of nitrogens with one attached hydrogen (secondary N) is 1. The molecule has 1 N–H and O–H groups in total. The summed E-state index contributed by atoms with van der Waals surface area (Å²) in [6.45, 7) is 0. The van der Waals surface area contributed by atoms with Crippen molar-refractivity contribution in [3.05, 3.63) is 28.3 Å². The molecule has 1 rings (SSSR count). The summed E-state index contributed by atoms with van der Waals surface area (Å²) < 4.78 is 50.4. The van der Waals surface area contributed by atoms with Crippen molar-refractivity contribution >= 4 is 0 Å². The first-order valence-electron chi connectivity index (χ1n) is 3.03. The van der Waals surface area contributed by atoms with E-state index in [0.29, 0.717) is 0 Å². The third-order valence-corrected chi connectivity index (χ3v) is 1.08. The molecule has 0 bridgehead atoms. The minimum Gasteiger partial charge on any atom is -0.387 e. The lowest BCUT2D eigenvalue weighted by Gasteiger charge is -2.07. The molecule has 0 aliphatic carbocycles. The number of alkyl halides is 3. The van der Waals surface area contributed by atoms with Crippen LogP contribution in [-0.2, 0) is 0 Å². The number of hydrogen-bond donors (Lipinski definition) is 1. The van der Waals surface area contributed by atoms with Crippen LogP contribution in [0.4, 0.5) is 17.6 Å². The lowest BCUT2D eigenvalue weighted by molar-refractivity contribution is -0.277. The predicted molar refractivity (Wildman–Crippen MR) is 33.7 cm³/mol. The molecule has 0 fully saturated rings. The van der Waals surface area contributed by atoms with E-state index in [1.165, 1.54) is 0 Å². The summed E-state index contributed by atoms with van der Waals surface area (Å²) in [6, 6.07) is 0.749. The molecule has 1 heterocycles. The number of pyridine rings is 1. The van der Waals surface area contributed by atoms with Gasteiger partial charge in [0.15, 0.2) is 0 Å². The normalized spacial score (nSPS) is 11.4. The van der Waals surface area contributed by atoms with E-state index in [2.05, 4.69) is 4.74 Å². The van der Waals surface area contributed by atoms with Crippen molar-refractivity contribution in [2.75, 3.05) is 0 Å². The van der Waals surface area contributed by atoms with Crippen molar-refractivity contribution in [1.82, 2.24) is 4.98 Å². The van der Waals surface area contributed by atoms with Crippen LogP contribution in [0.15, 0.2) is 17.1 Å². The highest BCUT2D eigenvalue weighted by Crippen LogP contribution is 2.20. The molecule has 0 amide bonds. The summed E-state index contributed by atoms with van der Waals surface area (Å²) in [4.78, 5) is 12.3.